The summed E-state index contributed by atoms with van der Waals surface area (Å²) in [5.74, 6) is -0.674. The highest BCUT2D eigenvalue weighted by Gasteiger charge is 2.32. The minimum Gasteiger partial charge on any atom is -0.476 e. The molecule has 0 aliphatic rings. The van der Waals surface area contributed by atoms with Crippen LogP contribution in [-0.4, -0.2) is 24.1 Å². The van der Waals surface area contributed by atoms with E-state index < -0.39 is 35.9 Å². The Hall–Kier alpha value is -3.35. The maximum atomic E-state index is 13.0. The summed E-state index contributed by atoms with van der Waals surface area (Å²) >= 11 is 0. The third-order valence-electron chi connectivity index (χ3n) is 4.26. The second-order valence-corrected chi connectivity index (χ2v) is 7.12. The van der Waals surface area contributed by atoms with Crippen molar-refractivity contribution in [3.05, 3.63) is 66.2 Å². The molecular formula is C22H22FNO5. The first-order valence-corrected chi connectivity index (χ1v) is 9.14. The molecule has 0 aliphatic carbocycles. The van der Waals surface area contributed by atoms with Crippen LogP contribution in [0, 0.1) is 5.82 Å². The lowest BCUT2D eigenvalue weighted by Gasteiger charge is -2.24. The minimum atomic E-state index is -1.34. The first kappa shape index (κ1) is 20.4. The predicted molar refractivity (Wildman–Crippen MR) is 105 cm³/mol. The number of nitrogens with one attached hydrogen (secondary N) is 1. The van der Waals surface area contributed by atoms with Gasteiger partial charge in [-0.25, -0.2) is 9.18 Å². The summed E-state index contributed by atoms with van der Waals surface area (Å²) in [5, 5.41) is 3.67. The molecule has 0 saturated carbocycles. The number of para-hydroxylation sites is 1. The number of hydrogen-bond acceptors (Lipinski definition) is 5. The molecule has 0 bridgehead atoms. The largest absolute Gasteiger partial charge is 0.476 e. The Morgan fingerprint density at radius 3 is 2.52 bits per heavy atom. The molecule has 2 aromatic carbocycles. The van der Waals surface area contributed by atoms with Gasteiger partial charge >= 0.3 is 5.97 Å². The van der Waals surface area contributed by atoms with Crippen LogP contribution in [0.1, 0.15) is 32.6 Å². The highest BCUT2D eigenvalue weighted by molar-refractivity contribution is 5.84. The molecule has 6 nitrogen and oxygen atoms in total. The van der Waals surface area contributed by atoms with Crippen molar-refractivity contribution in [2.75, 3.05) is 6.61 Å². The Balaban J connectivity index is 1.52. The van der Waals surface area contributed by atoms with Crippen molar-refractivity contribution in [1.29, 1.82) is 0 Å². The highest BCUT2D eigenvalue weighted by atomic mass is 19.1. The Kier molecular flexibility index (Phi) is 5.87. The van der Waals surface area contributed by atoms with Crippen LogP contribution in [0.2, 0.25) is 0 Å². The summed E-state index contributed by atoms with van der Waals surface area (Å²) in [4.78, 5) is 24.5. The summed E-state index contributed by atoms with van der Waals surface area (Å²) in [5.41, 5.74) is -0.614. The number of amides is 1. The van der Waals surface area contributed by atoms with Crippen molar-refractivity contribution in [2.45, 2.75) is 32.4 Å². The van der Waals surface area contributed by atoms with Gasteiger partial charge in [0.05, 0.1) is 6.04 Å². The zero-order chi connectivity index (χ0) is 21.0. The van der Waals surface area contributed by atoms with Crippen molar-refractivity contribution in [2.24, 2.45) is 0 Å². The van der Waals surface area contributed by atoms with Crippen LogP contribution < -0.4 is 10.1 Å². The van der Waals surface area contributed by atoms with Crippen LogP contribution in [0.3, 0.4) is 0 Å². The fourth-order valence-corrected chi connectivity index (χ4v) is 2.71. The highest BCUT2D eigenvalue weighted by Crippen LogP contribution is 2.23. The van der Waals surface area contributed by atoms with Crippen molar-refractivity contribution < 1.29 is 27.9 Å². The number of hydrogen-bond donors (Lipinski definition) is 1. The van der Waals surface area contributed by atoms with E-state index in [2.05, 4.69) is 5.32 Å². The summed E-state index contributed by atoms with van der Waals surface area (Å²) in [6, 6.07) is 14.3. The van der Waals surface area contributed by atoms with Crippen LogP contribution in [0.4, 0.5) is 4.39 Å². The van der Waals surface area contributed by atoms with E-state index in [0.717, 1.165) is 11.0 Å². The van der Waals surface area contributed by atoms with Crippen molar-refractivity contribution in [3.63, 3.8) is 0 Å². The van der Waals surface area contributed by atoms with Crippen LogP contribution in [0.5, 0.6) is 5.75 Å². The van der Waals surface area contributed by atoms with Gasteiger partial charge in [-0.3, -0.25) is 4.79 Å². The molecule has 152 valence electrons. The SMILES string of the molecule is C[C@H](NC(=O)COC(=O)C(C)(C)Oc1ccc(F)cc1)c1cc2ccccc2o1. The molecule has 0 fully saturated rings. The minimum absolute atomic E-state index is 0.316. The zero-order valence-electron chi connectivity index (χ0n) is 16.4. The zero-order valence-corrected chi connectivity index (χ0v) is 16.4. The van der Waals surface area contributed by atoms with Gasteiger partial charge in [-0.05, 0) is 57.2 Å². The van der Waals surface area contributed by atoms with Gasteiger partial charge in [0.2, 0.25) is 0 Å². The second kappa shape index (κ2) is 8.34. The average Bonchev–Trinajstić information content (AvgIpc) is 3.12. The Bertz CT molecular complexity index is 976. The maximum Gasteiger partial charge on any atom is 0.350 e. The third-order valence-corrected chi connectivity index (χ3v) is 4.26. The molecule has 0 spiro atoms. The molecule has 1 heterocycles. The van der Waals surface area contributed by atoms with Crippen LogP contribution in [-0.2, 0) is 14.3 Å². The van der Waals surface area contributed by atoms with Gasteiger partial charge in [-0.15, -0.1) is 0 Å². The molecule has 29 heavy (non-hydrogen) atoms. The maximum absolute atomic E-state index is 13.0. The standard InChI is InChI=1S/C22H22FNO5/c1-14(19-12-15-6-4-5-7-18(15)28-19)24-20(25)13-27-21(26)22(2,3)29-17-10-8-16(23)9-11-17/h4-12,14H,13H2,1-3H3,(H,24,25)/t14-/m0/s1. The van der Waals surface area contributed by atoms with Gasteiger partial charge < -0.3 is 19.2 Å². The lowest BCUT2D eigenvalue weighted by Crippen LogP contribution is -2.41. The van der Waals surface area contributed by atoms with Crippen LogP contribution in [0.15, 0.2) is 59.0 Å². The van der Waals surface area contributed by atoms with Gasteiger partial charge in [0, 0.05) is 5.39 Å². The van der Waals surface area contributed by atoms with Gasteiger partial charge in [0.25, 0.3) is 5.91 Å². The molecule has 0 aliphatic heterocycles. The van der Waals surface area contributed by atoms with Crippen molar-refractivity contribution >= 4 is 22.8 Å². The summed E-state index contributed by atoms with van der Waals surface area (Å²) < 4.78 is 29.3. The summed E-state index contributed by atoms with van der Waals surface area (Å²) in [6.45, 7) is 4.33. The summed E-state index contributed by atoms with van der Waals surface area (Å²) in [6.07, 6.45) is 0. The fraction of sp³-hybridized carbons (Fsp3) is 0.273. The molecule has 1 atom stereocenters. The van der Waals surface area contributed by atoms with Gasteiger partial charge in [0.15, 0.2) is 12.2 Å². The van der Waals surface area contributed by atoms with E-state index in [1.54, 1.807) is 6.92 Å². The molecule has 0 saturated heterocycles. The number of carbonyl (C=O) groups is 2. The number of benzene rings is 2. The fourth-order valence-electron chi connectivity index (χ4n) is 2.71. The smallest absolute Gasteiger partial charge is 0.350 e. The van der Waals surface area contributed by atoms with E-state index in [1.807, 2.05) is 30.3 Å². The monoisotopic (exact) mass is 399 g/mol. The van der Waals surface area contributed by atoms with E-state index in [9.17, 15) is 14.0 Å². The molecule has 1 amide bonds. The Morgan fingerprint density at radius 1 is 1.14 bits per heavy atom. The molecule has 0 unspecified atom stereocenters. The van der Waals surface area contributed by atoms with Crippen molar-refractivity contribution in [1.82, 2.24) is 5.32 Å². The molecule has 1 N–H and O–H groups in total. The number of rotatable bonds is 7. The molecule has 3 rings (SSSR count). The van der Waals surface area contributed by atoms with Crippen LogP contribution >= 0.6 is 0 Å². The lowest BCUT2D eigenvalue weighted by atomic mass is 10.1. The van der Waals surface area contributed by atoms with Crippen molar-refractivity contribution in [3.8, 4) is 5.75 Å². The Morgan fingerprint density at radius 2 is 1.83 bits per heavy atom. The number of halogens is 1. The molecule has 3 aromatic rings. The second-order valence-electron chi connectivity index (χ2n) is 7.12. The van der Waals surface area contributed by atoms with E-state index in [4.69, 9.17) is 13.9 Å². The number of carbonyl (C=O) groups excluding carboxylic acids is 2. The van der Waals surface area contributed by atoms with Gasteiger partial charge in [-0.1, -0.05) is 18.2 Å². The normalized spacial score (nSPS) is 12.4. The van der Waals surface area contributed by atoms with E-state index >= 15 is 0 Å². The first-order chi connectivity index (χ1) is 13.7. The van der Waals surface area contributed by atoms with E-state index in [-0.39, 0.29) is 0 Å². The molecule has 0 radical (unpaired) electrons. The Labute approximate surface area is 167 Å². The van der Waals surface area contributed by atoms with Gasteiger partial charge in [0.1, 0.15) is 22.9 Å². The molecule has 7 heteroatoms. The number of ether oxygens (including phenoxy) is 2. The lowest BCUT2D eigenvalue weighted by molar-refractivity contribution is -0.162. The number of fused-ring (bicyclic) bond motifs is 1. The topological polar surface area (TPSA) is 77.8 Å². The average molecular weight is 399 g/mol. The molecule has 1 aromatic heterocycles. The molecular weight excluding hydrogens is 377 g/mol. The third kappa shape index (κ3) is 5.13. The number of furan rings is 1. The quantitative estimate of drug-likeness (QED) is 0.604. The van der Waals surface area contributed by atoms with E-state index in [0.29, 0.717) is 11.5 Å². The van der Waals surface area contributed by atoms with Gasteiger partial charge in [-0.2, -0.15) is 0 Å². The summed E-state index contributed by atoms with van der Waals surface area (Å²) in [7, 11) is 0. The van der Waals surface area contributed by atoms with E-state index in [1.165, 1.54) is 38.1 Å². The number of esters is 1. The first-order valence-electron chi connectivity index (χ1n) is 9.14. The van der Waals surface area contributed by atoms with Crippen LogP contribution in [0.25, 0.3) is 11.0 Å². The predicted octanol–water partition coefficient (Wildman–Crippen LogP) is 4.15.